The van der Waals surface area contributed by atoms with Crippen LogP contribution in [-0.2, 0) is 4.74 Å². The van der Waals surface area contributed by atoms with Gasteiger partial charge < -0.3 is 10.5 Å². The number of hydrogen-bond acceptors (Lipinski definition) is 3. The first-order chi connectivity index (χ1) is 6.56. The van der Waals surface area contributed by atoms with Gasteiger partial charge in [0.05, 0.1) is 12.7 Å². The molecule has 3 nitrogen and oxygen atoms in total. The van der Waals surface area contributed by atoms with E-state index >= 15 is 0 Å². The molecule has 0 amide bonds. The lowest BCUT2D eigenvalue weighted by Gasteiger charge is -2.11. The highest BCUT2D eigenvalue weighted by atomic mass is 79.9. The van der Waals surface area contributed by atoms with Crippen LogP contribution in [0.4, 0.5) is 0 Å². The molecule has 1 aromatic rings. The molecule has 0 fully saturated rings. The van der Waals surface area contributed by atoms with Gasteiger partial charge in [0.15, 0.2) is 0 Å². The Hall–Kier alpha value is -0.870. The van der Waals surface area contributed by atoms with E-state index in [9.17, 15) is 4.79 Å². The quantitative estimate of drug-likeness (QED) is 0.828. The van der Waals surface area contributed by atoms with E-state index < -0.39 is 0 Å². The zero-order valence-electron chi connectivity index (χ0n) is 8.08. The maximum atomic E-state index is 11.4. The SMILES string of the molecule is COC(=O)c1cc(Br)ccc1[C@H](C)N. The number of esters is 1. The number of rotatable bonds is 2. The fourth-order valence-electron chi connectivity index (χ4n) is 1.21. The summed E-state index contributed by atoms with van der Waals surface area (Å²) in [5.74, 6) is -0.362. The summed E-state index contributed by atoms with van der Waals surface area (Å²) in [6.45, 7) is 1.83. The summed E-state index contributed by atoms with van der Waals surface area (Å²) < 4.78 is 5.50. The molecule has 2 N–H and O–H groups in total. The van der Waals surface area contributed by atoms with Gasteiger partial charge in [0.1, 0.15) is 0 Å². The normalized spacial score (nSPS) is 12.3. The molecule has 4 heteroatoms. The topological polar surface area (TPSA) is 52.3 Å². The van der Waals surface area contributed by atoms with Crippen molar-refractivity contribution < 1.29 is 9.53 Å². The maximum absolute atomic E-state index is 11.4. The Morgan fingerprint density at radius 3 is 2.71 bits per heavy atom. The maximum Gasteiger partial charge on any atom is 0.338 e. The molecular formula is C10H12BrNO2. The van der Waals surface area contributed by atoms with E-state index in [1.54, 1.807) is 6.07 Å². The van der Waals surface area contributed by atoms with Crippen LogP contribution in [0.25, 0.3) is 0 Å². The van der Waals surface area contributed by atoms with E-state index in [1.807, 2.05) is 19.1 Å². The summed E-state index contributed by atoms with van der Waals surface area (Å²) >= 11 is 3.29. The third-order valence-corrected chi connectivity index (χ3v) is 2.40. The first kappa shape index (κ1) is 11.2. The van der Waals surface area contributed by atoms with Crippen LogP contribution < -0.4 is 5.73 Å². The van der Waals surface area contributed by atoms with E-state index in [0.717, 1.165) is 10.0 Å². The van der Waals surface area contributed by atoms with Crippen LogP contribution in [0.5, 0.6) is 0 Å². The zero-order valence-corrected chi connectivity index (χ0v) is 9.67. The molecule has 0 aliphatic carbocycles. The van der Waals surface area contributed by atoms with Gasteiger partial charge in [0, 0.05) is 10.5 Å². The van der Waals surface area contributed by atoms with E-state index in [1.165, 1.54) is 7.11 Å². The van der Waals surface area contributed by atoms with Crippen LogP contribution in [0.3, 0.4) is 0 Å². The molecule has 1 atom stereocenters. The van der Waals surface area contributed by atoms with Crippen LogP contribution in [0, 0.1) is 0 Å². The minimum atomic E-state index is -0.362. The number of methoxy groups -OCH3 is 1. The Bertz CT molecular complexity index is 350. The van der Waals surface area contributed by atoms with Gasteiger partial charge in [-0.1, -0.05) is 22.0 Å². The van der Waals surface area contributed by atoms with Crippen LogP contribution in [-0.4, -0.2) is 13.1 Å². The third kappa shape index (κ3) is 2.33. The number of carbonyl (C=O) groups is 1. The molecule has 0 aliphatic heterocycles. The van der Waals surface area contributed by atoms with Crippen molar-refractivity contribution in [1.82, 2.24) is 0 Å². The van der Waals surface area contributed by atoms with E-state index in [4.69, 9.17) is 5.73 Å². The molecule has 0 aromatic heterocycles. The lowest BCUT2D eigenvalue weighted by Crippen LogP contribution is -2.12. The average molecular weight is 258 g/mol. The summed E-state index contributed by atoms with van der Waals surface area (Å²) in [7, 11) is 1.36. The van der Waals surface area contributed by atoms with Gasteiger partial charge in [-0.25, -0.2) is 4.79 Å². The van der Waals surface area contributed by atoms with Crippen LogP contribution in [0.1, 0.15) is 28.9 Å². The smallest absolute Gasteiger partial charge is 0.338 e. The Kier molecular flexibility index (Phi) is 3.66. The van der Waals surface area contributed by atoms with Crippen molar-refractivity contribution in [2.75, 3.05) is 7.11 Å². The van der Waals surface area contributed by atoms with E-state index in [-0.39, 0.29) is 12.0 Å². The Balaban J connectivity index is 3.22. The zero-order chi connectivity index (χ0) is 10.7. The van der Waals surface area contributed by atoms with Crippen LogP contribution >= 0.6 is 15.9 Å². The molecule has 0 unspecified atom stereocenters. The molecule has 0 aliphatic rings. The summed E-state index contributed by atoms with van der Waals surface area (Å²) in [5.41, 5.74) is 7.04. The van der Waals surface area contributed by atoms with Gasteiger partial charge in [-0.2, -0.15) is 0 Å². The van der Waals surface area contributed by atoms with Crippen molar-refractivity contribution in [3.8, 4) is 0 Å². The molecule has 0 saturated carbocycles. The van der Waals surface area contributed by atoms with Crippen molar-refractivity contribution >= 4 is 21.9 Å². The minimum Gasteiger partial charge on any atom is -0.465 e. The number of hydrogen-bond donors (Lipinski definition) is 1. The highest BCUT2D eigenvalue weighted by Crippen LogP contribution is 2.21. The monoisotopic (exact) mass is 257 g/mol. The predicted molar refractivity (Wildman–Crippen MR) is 58.1 cm³/mol. The summed E-state index contributed by atoms with van der Waals surface area (Å²) in [6, 6.07) is 5.20. The minimum absolute atomic E-state index is 0.183. The fourth-order valence-corrected chi connectivity index (χ4v) is 1.57. The van der Waals surface area contributed by atoms with Gasteiger partial charge in [0.2, 0.25) is 0 Å². The highest BCUT2D eigenvalue weighted by molar-refractivity contribution is 9.10. The van der Waals surface area contributed by atoms with Gasteiger partial charge in [-0.15, -0.1) is 0 Å². The molecule has 14 heavy (non-hydrogen) atoms. The second-order valence-corrected chi connectivity index (χ2v) is 3.93. The molecule has 0 bridgehead atoms. The Morgan fingerprint density at radius 2 is 2.21 bits per heavy atom. The lowest BCUT2D eigenvalue weighted by molar-refractivity contribution is 0.0599. The van der Waals surface area contributed by atoms with Crippen molar-refractivity contribution in [2.45, 2.75) is 13.0 Å². The largest absolute Gasteiger partial charge is 0.465 e. The van der Waals surface area contributed by atoms with Crippen molar-refractivity contribution in [3.63, 3.8) is 0 Å². The first-order valence-corrected chi connectivity index (χ1v) is 4.99. The van der Waals surface area contributed by atoms with E-state index in [2.05, 4.69) is 20.7 Å². The second kappa shape index (κ2) is 4.57. The van der Waals surface area contributed by atoms with Crippen LogP contribution in [0.2, 0.25) is 0 Å². The molecule has 1 rings (SSSR count). The third-order valence-electron chi connectivity index (χ3n) is 1.91. The number of nitrogens with two attached hydrogens (primary N) is 1. The van der Waals surface area contributed by atoms with Gasteiger partial charge >= 0.3 is 5.97 Å². The number of halogens is 1. The number of ether oxygens (including phenoxy) is 1. The predicted octanol–water partition coefficient (Wildman–Crippen LogP) is 2.26. The van der Waals surface area contributed by atoms with Gasteiger partial charge in [0.25, 0.3) is 0 Å². The fraction of sp³-hybridized carbons (Fsp3) is 0.300. The molecule has 76 valence electrons. The Morgan fingerprint density at radius 1 is 1.57 bits per heavy atom. The first-order valence-electron chi connectivity index (χ1n) is 4.19. The number of carbonyl (C=O) groups excluding carboxylic acids is 1. The van der Waals surface area contributed by atoms with Crippen molar-refractivity contribution in [2.24, 2.45) is 5.73 Å². The molecule has 1 aromatic carbocycles. The van der Waals surface area contributed by atoms with Gasteiger partial charge in [-0.05, 0) is 24.6 Å². The molecular weight excluding hydrogens is 246 g/mol. The molecule has 0 spiro atoms. The van der Waals surface area contributed by atoms with Crippen molar-refractivity contribution in [1.29, 1.82) is 0 Å². The molecule has 0 radical (unpaired) electrons. The number of benzene rings is 1. The summed E-state index contributed by atoms with van der Waals surface area (Å²) in [5, 5.41) is 0. The second-order valence-electron chi connectivity index (χ2n) is 3.01. The standard InChI is InChI=1S/C10H12BrNO2/c1-6(12)8-4-3-7(11)5-9(8)10(13)14-2/h3-6H,12H2,1-2H3/t6-/m0/s1. The molecule has 0 heterocycles. The van der Waals surface area contributed by atoms with Gasteiger partial charge in [-0.3, -0.25) is 0 Å². The van der Waals surface area contributed by atoms with E-state index in [0.29, 0.717) is 5.56 Å². The Labute approximate surface area is 91.4 Å². The lowest BCUT2D eigenvalue weighted by atomic mass is 10.0. The summed E-state index contributed by atoms with van der Waals surface area (Å²) in [6.07, 6.45) is 0. The average Bonchev–Trinajstić information content (AvgIpc) is 2.16. The molecule has 0 saturated heterocycles. The summed E-state index contributed by atoms with van der Waals surface area (Å²) in [4.78, 5) is 11.4. The van der Waals surface area contributed by atoms with Crippen LogP contribution in [0.15, 0.2) is 22.7 Å². The van der Waals surface area contributed by atoms with Crippen molar-refractivity contribution in [3.05, 3.63) is 33.8 Å². The highest BCUT2D eigenvalue weighted by Gasteiger charge is 2.14.